The molecule has 0 saturated heterocycles. The molecule has 0 bridgehead atoms. The van der Waals surface area contributed by atoms with Gasteiger partial charge in [-0.2, -0.15) is 0 Å². The maximum absolute atomic E-state index is 12.3. The van der Waals surface area contributed by atoms with Gasteiger partial charge in [-0.05, 0) is 43.7 Å². The first kappa shape index (κ1) is 20.3. The van der Waals surface area contributed by atoms with Crippen LogP contribution in [0.15, 0.2) is 36.4 Å². The zero-order valence-corrected chi connectivity index (χ0v) is 16.4. The Labute approximate surface area is 168 Å². The fourth-order valence-electron chi connectivity index (χ4n) is 2.62. The number of carbonyl (C=O) groups is 2. The highest BCUT2D eigenvalue weighted by Gasteiger charge is 2.16. The topological polar surface area (TPSA) is 92.3 Å². The van der Waals surface area contributed by atoms with Crippen LogP contribution < -0.4 is 24.3 Å². The summed E-state index contributed by atoms with van der Waals surface area (Å²) in [6, 6.07) is 9.80. The Bertz CT molecular complexity index is 881. The molecule has 0 radical (unpaired) electrons. The zero-order chi connectivity index (χ0) is 20.6. The third kappa shape index (κ3) is 5.31. The standard InChI is InChI=1S/C21H23NO7/c1-3-9-26-16-7-5-14(10-18(16)25-4-2)21(24)27-12-20(23)22-15-6-8-17-19(11-15)29-13-28-17/h5-8,10-11H,3-4,9,12-13H2,1-2H3,(H,22,23). The molecule has 0 aliphatic carbocycles. The van der Waals surface area contributed by atoms with Gasteiger partial charge in [0.1, 0.15) is 0 Å². The average Bonchev–Trinajstić information content (AvgIpc) is 3.19. The molecule has 1 aliphatic rings. The summed E-state index contributed by atoms with van der Waals surface area (Å²) in [6.07, 6.45) is 0.855. The number of nitrogens with one attached hydrogen (secondary N) is 1. The molecule has 1 N–H and O–H groups in total. The summed E-state index contributed by atoms with van der Waals surface area (Å²) in [7, 11) is 0. The van der Waals surface area contributed by atoms with Crippen LogP contribution in [0, 0.1) is 0 Å². The smallest absolute Gasteiger partial charge is 0.338 e. The molecule has 1 amide bonds. The SMILES string of the molecule is CCCOc1ccc(C(=O)OCC(=O)Nc2ccc3c(c2)OCO3)cc1OCC. The van der Waals surface area contributed by atoms with Crippen LogP contribution in [0.5, 0.6) is 23.0 Å². The Morgan fingerprint density at radius 3 is 2.62 bits per heavy atom. The van der Waals surface area contributed by atoms with Crippen molar-refractivity contribution in [3.05, 3.63) is 42.0 Å². The lowest BCUT2D eigenvalue weighted by molar-refractivity contribution is -0.119. The van der Waals surface area contributed by atoms with Crippen molar-refractivity contribution in [2.24, 2.45) is 0 Å². The van der Waals surface area contributed by atoms with E-state index >= 15 is 0 Å². The fraction of sp³-hybridized carbons (Fsp3) is 0.333. The first-order valence-electron chi connectivity index (χ1n) is 9.37. The number of amides is 1. The van der Waals surface area contributed by atoms with Crippen molar-refractivity contribution < 1.29 is 33.3 Å². The molecule has 0 atom stereocenters. The molecule has 2 aromatic rings. The number of anilines is 1. The van der Waals surface area contributed by atoms with Crippen LogP contribution in [-0.2, 0) is 9.53 Å². The van der Waals surface area contributed by atoms with E-state index in [0.717, 1.165) is 6.42 Å². The highest BCUT2D eigenvalue weighted by atomic mass is 16.7. The summed E-state index contributed by atoms with van der Waals surface area (Å²) in [5.74, 6) is 1.09. The monoisotopic (exact) mass is 401 g/mol. The summed E-state index contributed by atoms with van der Waals surface area (Å²) >= 11 is 0. The van der Waals surface area contributed by atoms with E-state index in [9.17, 15) is 9.59 Å². The van der Waals surface area contributed by atoms with Gasteiger partial charge in [-0.1, -0.05) is 6.92 Å². The third-order valence-corrected chi connectivity index (χ3v) is 3.93. The van der Waals surface area contributed by atoms with Crippen molar-refractivity contribution in [2.45, 2.75) is 20.3 Å². The minimum atomic E-state index is -0.631. The number of benzene rings is 2. The van der Waals surface area contributed by atoms with Gasteiger partial charge in [0.25, 0.3) is 5.91 Å². The predicted molar refractivity (Wildman–Crippen MR) is 105 cm³/mol. The van der Waals surface area contributed by atoms with Gasteiger partial charge in [0, 0.05) is 11.8 Å². The largest absolute Gasteiger partial charge is 0.490 e. The maximum atomic E-state index is 12.3. The van der Waals surface area contributed by atoms with E-state index in [0.29, 0.717) is 41.9 Å². The Morgan fingerprint density at radius 2 is 1.83 bits per heavy atom. The molecule has 0 spiro atoms. The van der Waals surface area contributed by atoms with Gasteiger partial charge in [-0.3, -0.25) is 4.79 Å². The first-order valence-corrected chi connectivity index (χ1v) is 9.37. The van der Waals surface area contributed by atoms with Gasteiger partial charge in [-0.25, -0.2) is 4.79 Å². The van der Waals surface area contributed by atoms with Crippen LogP contribution in [0.4, 0.5) is 5.69 Å². The molecular formula is C21H23NO7. The maximum Gasteiger partial charge on any atom is 0.338 e. The second-order valence-electron chi connectivity index (χ2n) is 6.14. The highest BCUT2D eigenvalue weighted by molar-refractivity contribution is 5.96. The molecule has 0 saturated carbocycles. The Kier molecular flexibility index (Phi) is 6.78. The highest BCUT2D eigenvalue weighted by Crippen LogP contribution is 2.34. The molecule has 3 rings (SSSR count). The van der Waals surface area contributed by atoms with Crippen molar-refractivity contribution in [2.75, 3.05) is 31.9 Å². The number of rotatable bonds is 9. The molecule has 29 heavy (non-hydrogen) atoms. The summed E-state index contributed by atoms with van der Waals surface area (Å²) < 4.78 is 26.7. The summed E-state index contributed by atoms with van der Waals surface area (Å²) in [5, 5.41) is 2.65. The van der Waals surface area contributed by atoms with Crippen molar-refractivity contribution in [1.82, 2.24) is 0 Å². The van der Waals surface area contributed by atoms with E-state index in [4.69, 9.17) is 23.7 Å². The molecule has 2 aromatic carbocycles. The number of ether oxygens (including phenoxy) is 5. The fourth-order valence-corrected chi connectivity index (χ4v) is 2.62. The van der Waals surface area contributed by atoms with E-state index in [1.54, 1.807) is 36.4 Å². The minimum Gasteiger partial charge on any atom is -0.490 e. The van der Waals surface area contributed by atoms with Crippen LogP contribution in [0.2, 0.25) is 0 Å². The summed E-state index contributed by atoms with van der Waals surface area (Å²) in [6.45, 7) is 4.54. The third-order valence-electron chi connectivity index (χ3n) is 3.93. The van der Waals surface area contributed by atoms with Crippen LogP contribution >= 0.6 is 0 Å². The second kappa shape index (κ2) is 9.68. The Hall–Kier alpha value is -3.42. The van der Waals surface area contributed by atoms with E-state index in [1.807, 2.05) is 13.8 Å². The number of carbonyl (C=O) groups excluding carboxylic acids is 2. The molecule has 8 nitrogen and oxygen atoms in total. The number of hydrogen-bond donors (Lipinski definition) is 1. The molecule has 8 heteroatoms. The van der Waals surface area contributed by atoms with Gasteiger partial charge in [-0.15, -0.1) is 0 Å². The molecule has 0 aromatic heterocycles. The van der Waals surface area contributed by atoms with Crippen molar-refractivity contribution in [1.29, 1.82) is 0 Å². The minimum absolute atomic E-state index is 0.149. The lowest BCUT2D eigenvalue weighted by Gasteiger charge is -2.13. The molecule has 1 aliphatic heterocycles. The molecule has 0 fully saturated rings. The summed E-state index contributed by atoms with van der Waals surface area (Å²) in [4.78, 5) is 24.4. The lowest BCUT2D eigenvalue weighted by atomic mass is 10.2. The molecule has 1 heterocycles. The van der Waals surface area contributed by atoms with Gasteiger partial charge < -0.3 is 29.0 Å². The van der Waals surface area contributed by atoms with Gasteiger partial charge in [0.05, 0.1) is 18.8 Å². The van der Waals surface area contributed by atoms with Gasteiger partial charge >= 0.3 is 5.97 Å². The van der Waals surface area contributed by atoms with Crippen molar-refractivity contribution in [3.63, 3.8) is 0 Å². The van der Waals surface area contributed by atoms with Gasteiger partial charge in [0.2, 0.25) is 6.79 Å². The number of hydrogen-bond acceptors (Lipinski definition) is 7. The van der Waals surface area contributed by atoms with E-state index in [1.165, 1.54) is 0 Å². The molecule has 0 unspecified atom stereocenters. The van der Waals surface area contributed by atoms with Crippen LogP contribution in [-0.4, -0.2) is 38.5 Å². The normalized spacial score (nSPS) is 11.7. The Balaban J connectivity index is 1.56. The lowest BCUT2D eigenvalue weighted by Crippen LogP contribution is -2.21. The number of fused-ring (bicyclic) bond motifs is 1. The van der Waals surface area contributed by atoms with Crippen LogP contribution in [0.3, 0.4) is 0 Å². The Morgan fingerprint density at radius 1 is 1.00 bits per heavy atom. The summed E-state index contributed by atoms with van der Waals surface area (Å²) in [5.41, 5.74) is 0.791. The number of esters is 1. The zero-order valence-electron chi connectivity index (χ0n) is 16.4. The molecular weight excluding hydrogens is 378 g/mol. The molecule has 154 valence electrons. The van der Waals surface area contributed by atoms with Crippen LogP contribution in [0.25, 0.3) is 0 Å². The second-order valence-corrected chi connectivity index (χ2v) is 6.14. The quantitative estimate of drug-likeness (QED) is 0.644. The van der Waals surface area contributed by atoms with E-state index in [2.05, 4.69) is 5.32 Å². The van der Waals surface area contributed by atoms with E-state index < -0.39 is 18.5 Å². The van der Waals surface area contributed by atoms with Gasteiger partial charge in [0.15, 0.2) is 29.6 Å². The average molecular weight is 401 g/mol. The predicted octanol–water partition coefficient (Wildman–Crippen LogP) is 3.40. The first-order chi connectivity index (χ1) is 14.1. The van der Waals surface area contributed by atoms with Crippen LogP contribution in [0.1, 0.15) is 30.6 Å². The van der Waals surface area contributed by atoms with Crippen molar-refractivity contribution in [3.8, 4) is 23.0 Å². The van der Waals surface area contributed by atoms with Crippen molar-refractivity contribution >= 4 is 17.6 Å². The van der Waals surface area contributed by atoms with E-state index in [-0.39, 0.29) is 12.4 Å².